The molecule has 0 unspecified atom stereocenters. The molecule has 67 valence electrons. The standard InChI is InChI=1S/C8H8ClN4/c1-5-8(9)6(2)13(12-5)7-3-4-10-11-7/h3-4H,1-2H3. The Kier molecular flexibility index (Phi) is 1.84. The van der Waals surface area contributed by atoms with Gasteiger partial charge in [0.05, 0.1) is 22.6 Å². The van der Waals surface area contributed by atoms with Crippen molar-refractivity contribution < 1.29 is 0 Å². The Morgan fingerprint density at radius 2 is 2.15 bits per heavy atom. The number of halogens is 1. The molecule has 0 N–H and O–H groups in total. The van der Waals surface area contributed by atoms with Crippen LogP contribution in [0.3, 0.4) is 0 Å². The molecule has 0 aromatic carbocycles. The van der Waals surface area contributed by atoms with Crippen LogP contribution in [0.5, 0.6) is 0 Å². The Labute approximate surface area is 80.9 Å². The van der Waals surface area contributed by atoms with Gasteiger partial charge in [0.2, 0.25) is 0 Å². The summed E-state index contributed by atoms with van der Waals surface area (Å²) in [6, 6.07) is 0. The minimum absolute atomic E-state index is 0.683. The van der Waals surface area contributed by atoms with Crippen LogP contribution in [0, 0.1) is 13.8 Å². The minimum Gasteiger partial charge on any atom is -0.216 e. The molecule has 0 bridgehead atoms. The average molecular weight is 196 g/mol. The molecule has 1 aliphatic rings. The van der Waals surface area contributed by atoms with Crippen molar-refractivity contribution in [1.82, 2.24) is 15.2 Å². The van der Waals surface area contributed by atoms with Crippen LogP contribution in [0.1, 0.15) is 11.4 Å². The van der Waals surface area contributed by atoms with Crippen molar-refractivity contribution >= 4 is 17.4 Å². The maximum atomic E-state index is 5.98. The van der Waals surface area contributed by atoms with E-state index in [9.17, 15) is 0 Å². The van der Waals surface area contributed by atoms with Crippen molar-refractivity contribution in [1.29, 1.82) is 0 Å². The van der Waals surface area contributed by atoms with E-state index in [1.807, 2.05) is 13.8 Å². The Balaban J connectivity index is 2.52. The highest BCUT2D eigenvalue weighted by atomic mass is 35.5. The second-order valence-electron chi connectivity index (χ2n) is 2.79. The van der Waals surface area contributed by atoms with Gasteiger partial charge >= 0.3 is 0 Å². The van der Waals surface area contributed by atoms with E-state index < -0.39 is 0 Å². The number of hydrogen-bond donors (Lipinski definition) is 0. The van der Waals surface area contributed by atoms with Crippen molar-refractivity contribution in [2.75, 3.05) is 0 Å². The zero-order chi connectivity index (χ0) is 9.42. The zero-order valence-electron chi connectivity index (χ0n) is 7.32. The fraction of sp³-hybridized carbons (Fsp3) is 0.250. The van der Waals surface area contributed by atoms with Gasteiger partial charge < -0.3 is 0 Å². The van der Waals surface area contributed by atoms with E-state index in [0.29, 0.717) is 10.9 Å². The number of hydrogen-bond acceptors (Lipinski definition) is 2. The van der Waals surface area contributed by atoms with Gasteiger partial charge in [-0.15, -0.1) is 5.10 Å². The molecular weight excluding hydrogens is 188 g/mol. The molecule has 0 saturated heterocycles. The molecule has 13 heavy (non-hydrogen) atoms. The molecular formula is C8H8ClN4. The molecule has 0 spiro atoms. The van der Waals surface area contributed by atoms with Gasteiger partial charge in [-0.05, 0) is 13.8 Å². The summed E-state index contributed by atoms with van der Waals surface area (Å²) >= 11 is 5.98. The first-order valence-corrected chi connectivity index (χ1v) is 4.24. The van der Waals surface area contributed by atoms with Crippen LogP contribution in [0.4, 0.5) is 0 Å². The molecule has 0 amide bonds. The van der Waals surface area contributed by atoms with E-state index in [1.54, 1.807) is 17.0 Å². The fourth-order valence-corrected chi connectivity index (χ4v) is 1.30. The lowest BCUT2D eigenvalue weighted by Gasteiger charge is -1.98. The molecule has 0 fully saturated rings. The predicted molar refractivity (Wildman–Crippen MR) is 50.8 cm³/mol. The topological polar surface area (TPSA) is 44.3 Å². The van der Waals surface area contributed by atoms with E-state index in [1.165, 1.54) is 0 Å². The molecule has 0 saturated carbocycles. The number of rotatable bonds is 0. The van der Waals surface area contributed by atoms with Gasteiger partial charge in [-0.2, -0.15) is 10.5 Å². The number of aromatic nitrogens is 2. The molecule has 1 aromatic heterocycles. The Morgan fingerprint density at radius 1 is 1.38 bits per heavy atom. The quantitative estimate of drug-likeness (QED) is 0.618. The molecule has 5 heteroatoms. The summed E-state index contributed by atoms with van der Waals surface area (Å²) in [7, 11) is 0. The maximum absolute atomic E-state index is 5.98. The number of nitrogens with zero attached hydrogens (tertiary/aromatic N) is 4. The SMILES string of the molecule is Cc1nn(C2=N[N]C=C2)c(C)c1Cl. The van der Waals surface area contributed by atoms with Gasteiger partial charge in [0.25, 0.3) is 0 Å². The van der Waals surface area contributed by atoms with Gasteiger partial charge in [-0.3, -0.25) is 0 Å². The molecule has 2 rings (SSSR count). The molecule has 1 aliphatic heterocycles. The molecule has 1 radical (unpaired) electrons. The molecule has 4 nitrogen and oxygen atoms in total. The summed E-state index contributed by atoms with van der Waals surface area (Å²) in [4.78, 5) is 0. The molecule has 1 aromatic rings. The summed E-state index contributed by atoms with van der Waals surface area (Å²) in [6.07, 6.45) is 3.41. The van der Waals surface area contributed by atoms with Gasteiger partial charge in [0.15, 0.2) is 5.84 Å². The first-order chi connectivity index (χ1) is 6.20. The number of allylic oxidation sites excluding steroid dienone is 1. The Hall–Kier alpha value is -1.29. The smallest absolute Gasteiger partial charge is 0.177 e. The molecule has 2 heterocycles. The molecule has 0 atom stereocenters. The normalized spacial score (nSPS) is 14.5. The first kappa shape index (κ1) is 8.31. The van der Waals surface area contributed by atoms with Crippen LogP contribution in [0.15, 0.2) is 17.4 Å². The fourth-order valence-electron chi connectivity index (χ4n) is 1.19. The first-order valence-electron chi connectivity index (χ1n) is 3.86. The van der Waals surface area contributed by atoms with Crippen LogP contribution >= 0.6 is 11.6 Å². The lowest BCUT2D eigenvalue weighted by Crippen LogP contribution is -2.11. The Morgan fingerprint density at radius 3 is 2.62 bits per heavy atom. The summed E-state index contributed by atoms with van der Waals surface area (Å²) in [5, 5.41) is 8.81. The van der Waals surface area contributed by atoms with E-state index in [-0.39, 0.29) is 0 Å². The monoisotopic (exact) mass is 195 g/mol. The van der Waals surface area contributed by atoms with E-state index in [4.69, 9.17) is 11.6 Å². The highest BCUT2D eigenvalue weighted by molar-refractivity contribution is 6.32. The van der Waals surface area contributed by atoms with Crippen LogP contribution in [0.25, 0.3) is 0 Å². The largest absolute Gasteiger partial charge is 0.216 e. The maximum Gasteiger partial charge on any atom is 0.177 e. The van der Waals surface area contributed by atoms with Crippen LogP contribution < -0.4 is 5.43 Å². The lowest BCUT2D eigenvalue weighted by molar-refractivity contribution is 0.864. The van der Waals surface area contributed by atoms with Crippen molar-refractivity contribution in [3.05, 3.63) is 28.7 Å². The minimum atomic E-state index is 0.683. The summed E-state index contributed by atoms with van der Waals surface area (Å²) in [5.74, 6) is 0.701. The third kappa shape index (κ3) is 1.23. The predicted octanol–water partition coefficient (Wildman–Crippen LogP) is 1.45. The van der Waals surface area contributed by atoms with E-state index >= 15 is 0 Å². The van der Waals surface area contributed by atoms with E-state index in [2.05, 4.69) is 15.6 Å². The Bertz CT molecular complexity index is 403. The van der Waals surface area contributed by atoms with Crippen LogP contribution in [-0.4, -0.2) is 15.6 Å². The van der Waals surface area contributed by atoms with Crippen LogP contribution in [0.2, 0.25) is 5.02 Å². The zero-order valence-corrected chi connectivity index (χ0v) is 8.08. The second-order valence-corrected chi connectivity index (χ2v) is 3.16. The van der Waals surface area contributed by atoms with Crippen molar-refractivity contribution in [3.8, 4) is 0 Å². The van der Waals surface area contributed by atoms with Crippen molar-refractivity contribution in [2.24, 2.45) is 5.10 Å². The second kappa shape index (κ2) is 2.88. The number of aryl methyl sites for hydroxylation is 1. The van der Waals surface area contributed by atoms with E-state index in [0.717, 1.165) is 11.4 Å². The third-order valence-corrected chi connectivity index (χ3v) is 2.42. The lowest BCUT2D eigenvalue weighted by atomic mass is 10.4. The summed E-state index contributed by atoms with van der Waals surface area (Å²) in [6.45, 7) is 3.76. The van der Waals surface area contributed by atoms with Gasteiger partial charge in [0.1, 0.15) is 0 Å². The summed E-state index contributed by atoms with van der Waals surface area (Å²) in [5.41, 5.74) is 5.42. The van der Waals surface area contributed by atoms with Gasteiger partial charge in [0, 0.05) is 6.08 Å². The van der Waals surface area contributed by atoms with Crippen molar-refractivity contribution in [3.63, 3.8) is 0 Å². The molecule has 0 aliphatic carbocycles. The van der Waals surface area contributed by atoms with Gasteiger partial charge in [-0.1, -0.05) is 11.6 Å². The highest BCUT2D eigenvalue weighted by Crippen LogP contribution is 2.19. The average Bonchev–Trinajstić information content (AvgIpc) is 2.70. The van der Waals surface area contributed by atoms with Crippen LogP contribution in [-0.2, 0) is 0 Å². The summed E-state index contributed by atoms with van der Waals surface area (Å²) < 4.78 is 1.69. The van der Waals surface area contributed by atoms with Crippen molar-refractivity contribution in [2.45, 2.75) is 13.8 Å². The highest BCUT2D eigenvalue weighted by Gasteiger charge is 2.13. The van der Waals surface area contributed by atoms with Gasteiger partial charge in [-0.25, -0.2) is 4.68 Å². The third-order valence-electron chi connectivity index (χ3n) is 1.87.